The maximum absolute atomic E-state index is 9.56. The average molecular weight is 188 g/mol. The molecule has 5 nitrogen and oxygen atoms in total. The van der Waals surface area contributed by atoms with E-state index in [0.29, 0.717) is 19.3 Å². The average Bonchev–Trinajstić information content (AvgIpc) is 2.22. The molecule has 0 atom stereocenters. The molecule has 0 aliphatic heterocycles. The van der Waals surface area contributed by atoms with Crippen LogP contribution in [0.4, 0.5) is 0 Å². The summed E-state index contributed by atoms with van der Waals surface area (Å²) in [5, 5.41) is 0. The molecule has 0 aliphatic carbocycles. The Hall–Kier alpha value is -1.65. The van der Waals surface area contributed by atoms with E-state index in [0.717, 1.165) is 12.6 Å². The molecule has 0 bridgehead atoms. The fourth-order valence-corrected chi connectivity index (χ4v) is 0.285. The minimum absolute atomic E-state index is 0.194. The van der Waals surface area contributed by atoms with Gasteiger partial charge in [-0.15, -0.1) is 0 Å². The van der Waals surface area contributed by atoms with Gasteiger partial charge in [0.1, 0.15) is 19.4 Å². The highest BCUT2D eigenvalue weighted by atomic mass is 16.2. The van der Waals surface area contributed by atoms with E-state index in [1.807, 2.05) is 6.79 Å². The standard InChI is InChI=1S/C5H8O2.C2H2O2.CH2O/c6-4-2-1-3-5-7;3-1-2-4;1-2/h4-5H,1-3H2;1-2H;1H2. The van der Waals surface area contributed by atoms with Gasteiger partial charge in [0.15, 0.2) is 12.6 Å². The Morgan fingerprint density at radius 2 is 1.08 bits per heavy atom. The topological polar surface area (TPSA) is 85.3 Å². The van der Waals surface area contributed by atoms with E-state index in [4.69, 9.17) is 14.4 Å². The second-order valence-corrected chi connectivity index (χ2v) is 1.54. The van der Waals surface area contributed by atoms with Crippen LogP contribution in [-0.4, -0.2) is 31.9 Å². The molecule has 0 saturated heterocycles. The number of hydrogen-bond acceptors (Lipinski definition) is 5. The van der Waals surface area contributed by atoms with Gasteiger partial charge in [0.2, 0.25) is 0 Å². The molecule has 0 radical (unpaired) electrons. The van der Waals surface area contributed by atoms with Crippen LogP contribution in [0, 0.1) is 0 Å². The van der Waals surface area contributed by atoms with Crippen molar-refractivity contribution < 1.29 is 24.0 Å². The van der Waals surface area contributed by atoms with E-state index in [-0.39, 0.29) is 12.6 Å². The summed E-state index contributed by atoms with van der Waals surface area (Å²) < 4.78 is 0. The van der Waals surface area contributed by atoms with E-state index < -0.39 is 0 Å². The highest BCUT2D eigenvalue weighted by molar-refractivity contribution is 6.09. The summed E-state index contributed by atoms with van der Waals surface area (Å²) in [6, 6.07) is 0. The first-order valence-corrected chi connectivity index (χ1v) is 3.38. The molecule has 0 spiro atoms. The van der Waals surface area contributed by atoms with Crippen LogP contribution in [0.25, 0.3) is 0 Å². The monoisotopic (exact) mass is 188 g/mol. The van der Waals surface area contributed by atoms with Crippen LogP contribution in [0.2, 0.25) is 0 Å². The lowest BCUT2D eigenvalue weighted by Gasteiger charge is -1.78. The summed E-state index contributed by atoms with van der Waals surface area (Å²) in [5.41, 5.74) is 0. The van der Waals surface area contributed by atoms with Crippen molar-refractivity contribution >= 4 is 31.9 Å². The maximum Gasteiger partial charge on any atom is 0.182 e. The van der Waals surface area contributed by atoms with E-state index in [1.54, 1.807) is 0 Å². The molecule has 0 N–H and O–H groups in total. The Balaban J connectivity index is -0.000000142. The van der Waals surface area contributed by atoms with Crippen LogP contribution < -0.4 is 0 Å². The van der Waals surface area contributed by atoms with Crippen molar-refractivity contribution in [1.82, 2.24) is 0 Å². The highest BCUT2D eigenvalue weighted by Crippen LogP contribution is 1.85. The molecule has 0 aliphatic rings. The van der Waals surface area contributed by atoms with E-state index in [9.17, 15) is 9.59 Å². The molecular formula is C8H12O5. The molecule has 0 heterocycles. The van der Waals surface area contributed by atoms with Crippen LogP contribution in [0.3, 0.4) is 0 Å². The minimum Gasteiger partial charge on any atom is -0.307 e. The van der Waals surface area contributed by atoms with Crippen LogP contribution >= 0.6 is 0 Å². The van der Waals surface area contributed by atoms with Crippen molar-refractivity contribution in [2.45, 2.75) is 19.3 Å². The van der Waals surface area contributed by atoms with Crippen LogP contribution in [0.15, 0.2) is 0 Å². The number of hydrogen-bond donors (Lipinski definition) is 0. The van der Waals surface area contributed by atoms with Crippen molar-refractivity contribution in [3.63, 3.8) is 0 Å². The van der Waals surface area contributed by atoms with Gasteiger partial charge in [0, 0.05) is 12.8 Å². The van der Waals surface area contributed by atoms with E-state index in [1.165, 1.54) is 0 Å². The first-order chi connectivity index (χ1) is 6.33. The Labute approximate surface area is 76.1 Å². The predicted octanol–water partition coefficient (Wildman–Crippen LogP) is -0.246. The summed E-state index contributed by atoms with van der Waals surface area (Å²) in [4.78, 5) is 44.7. The molecule has 0 unspecified atom stereocenters. The fourth-order valence-electron chi connectivity index (χ4n) is 0.285. The minimum atomic E-state index is 0.194. The van der Waals surface area contributed by atoms with Crippen LogP contribution in [0.1, 0.15) is 19.3 Å². The molecule has 0 aromatic heterocycles. The second kappa shape index (κ2) is 31.6. The Bertz CT molecular complexity index is 118. The van der Waals surface area contributed by atoms with E-state index >= 15 is 0 Å². The van der Waals surface area contributed by atoms with Gasteiger partial charge in [-0.25, -0.2) is 0 Å². The molecule has 74 valence electrons. The molecule has 0 aromatic carbocycles. The smallest absolute Gasteiger partial charge is 0.182 e. The highest BCUT2D eigenvalue weighted by Gasteiger charge is 1.80. The van der Waals surface area contributed by atoms with Crippen molar-refractivity contribution in [2.75, 3.05) is 0 Å². The summed E-state index contributed by atoms with van der Waals surface area (Å²) in [6.45, 7) is 2.00. The molecule has 0 rings (SSSR count). The lowest BCUT2D eigenvalue weighted by Crippen LogP contribution is -1.76. The second-order valence-electron chi connectivity index (χ2n) is 1.54. The van der Waals surface area contributed by atoms with Crippen molar-refractivity contribution in [1.29, 1.82) is 0 Å². The first kappa shape index (κ1) is 17.4. The van der Waals surface area contributed by atoms with Gasteiger partial charge in [-0.1, -0.05) is 0 Å². The zero-order valence-electron chi connectivity index (χ0n) is 7.18. The summed E-state index contributed by atoms with van der Waals surface area (Å²) in [7, 11) is 0. The van der Waals surface area contributed by atoms with Gasteiger partial charge in [-0.05, 0) is 6.42 Å². The van der Waals surface area contributed by atoms with Crippen molar-refractivity contribution in [2.24, 2.45) is 0 Å². The molecular weight excluding hydrogens is 176 g/mol. The normalized spacial score (nSPS) is 6.15. The lowest BCUT2D eigenvalue weighted by atomic mass is 10.3. The van der Waals surface area contributed by atoms with Gasteiger partial charge >= 0.3 is 0 Å². The summed E-state index contributed by atoms with van der Waals surface area (Å²) >= 11 is 0. The molecule has 13 heavy (non-hydrogen) atoms. The predicted molar refractivity (Wildman–Crippen MR) is 45.2 cm³/mol. The van der Waals surface area contributed by atoms with Crippen LogP contribution in [0.5, 0.6) is 0 Å². The Morgan fingerprint density at radius 1 is 0.769 bits per heavy atom. The Kier molecular flexibility index (Phi) is 42.4. The van der Waals surface area contributed by atoms with Gasteiger partial charge in [0.05, 0.1) is 0 Å². The molecule has 0 fully saturated rings. The van der Waals surface area contributed by atoms with Crippen molar-refractivity contribution in [3.8, 4) is 0 Å². The zero-order chi connectivity index (χ0) is 10.9. The third kappa shape index (κ3) is 64.3. The number of unbranched alkanes of at least 4 members (excludes halogenated alkanes) is 2. The fraction of sp³-hybridized carbons (Fsp3) is 0.375. The molecule has 0 aromatic rings. The largest absolute Gasteiger partial charge is 0.307 e. The molecule has 0 amide bonds. The maximum atomic E-state index is 9.56. The lowest BCUT2D eigenvalue weighted by molar-refractivity contribution is -0.122. The van der Waals surface area contributed by atoms with Gasteiger partial charge in [-0.2, -0.15) is 0 Å². The number of aldehydes is 4. The number of carbonyl (C=O) groups excluding carboxylic acids is 5. The number of carbonyl (C=O) groups is 5. The quantitative estimate of drug-likeness (QED) is 0.337. The Morgan fingerprint density at radius 3 is 1.23 bits per heavy atom. The van der Waals surface area contributed by atoms with Crippen LogP contribution in [-0.2, 0) is 24.0 Å². The molecule has 0 saturated carbocycles. The van der Waals surface area contributed by atoms with E-state index in [2.05, 4.69) is 0 Å². The SMILES string of the molecule is C=O.O=CC=O.O=CCCCC=O. The summed E-state index contributed by atoms with van der Waals surface area (Å²) in [5.74, 6) is 0. The third-order valence-corrected chi connectivity index (χ3v) is 0.700. The summed E-state index contributed by atoms with van der Waals surface area (Å²) in [6.07, 6.45) is 3.76. The molecule has 5 heteroatoms. The zero-order valence-corrected chi connectivity index (χ0v) is 7.18. The first-order valence-electron chi connectivity index (χ1n) is 3.38. The van der Waals surface area contributed by atoms with Gasteiger partial charge < -0.3 is 14.4 Å². The third-order valence-electron chi connectivity index (χ3n) is 0.700. The number of rotatable bonds is 5. The van der Waals surface area contributed by atoms with Crippen molar-refractivity contribution in [3.05, 3.63) is 0 Å². The van der Waals surface area contributed by atoms with Gasteiger partial charge in [-0.3, -0.25) is 9.59 Å². The van der Waals surface area contributed by atoms with Gasteiger partial charge in [0.25, 0.3) is 0 Å².